The Morgan fingerprint density at radius 1 is 1.12 bits per heavy atom. The van der Waals surface area contributed by atoms with Crippen molar-refractivity contribution in [2.24, 2.45) is 28.6 Å². The molecule has 4 rings (SSSR count). The zero-order valence-electron chi connectivity index (χ0n) is 16.4. The van der Waals surface area contributed by atoms with Crippen molar-refractivity contribution in [1.29, 1.82) is 0 Å². The van der Waals surface area contributed by atoms with Crippen LogP contribution in [-0.2, 0) is 14.3 Å². The summed E-state index contributed by atoms with van der Waals surface area (Å²) in [5.41, 5.74) is 2.10. The summed E-state index contributed by atoms with van der Waals surface area (Å²) in [6, 6.07) is 0.404. The zero-order chi connectivity index (χ0) is 18.5. The summed E-state index contributed by atoms with van der Waals surface area (Å²) in [6.07, 6.45) is 12.7. The van der Waals surface area contributed by atoms with Gasteiger partial charge in [-0.1, -0.05) is 25.5 Å². The Balaban J connectivity index is 1.59. The summed E-state index contributed by atoms with van der Waals surface area (Å²) in [6.45, 7) is 5.54. The molecule has 0 heterocycles. The van der Waals surface area contributed by atoms with Gasteiger partial charge in [0.05, 0.1) is 0 Å². The highest BCUT2D eigenvalue weighted by Crippen LogP contribution is 2.65. The molecule has 4 nitrogen and oxygen atoms in total. The van der Waals surface area contributed by atoms with Gasteiger partial charge in [-0.05, 0) is 73.5 Å². The summed E-state index contributed by atoms with van der Waals surface area (Å²) < 4.78 is 5.29. The van der Waals surface area contributed by atoms with Gasteiger partial charge in [0.25, 0.3) is 6.47 Å². The van der Waals surface area contributed by atoms with Gasteiger partial charge in [-0.15, -0.1) is 0 Å². The molecule has 0 radical (unpaired) electrons. The van der Waals surface area contributed by atoms with Gasteiger partial charge in [0.1, 0.15) is 6.10 Å². The van der Waals surface area contributed by atoms with Crippen LogP contribution in [0.3, 0.4) is 0 Å². The summed E-state index contributed by atoms with van der Waals surface area (Å²) in [5, 5.41) is 0. The zero-order valence-corrected chi connectivity index (χ0v) is 16.4. The van der Waals surface area contributed by atoms with Crippen LogP contribution >= 0.6 is 0 Å². The first kappa shape index (κ1) is 18.1. The Labute approximate surface area is 157 Å². The van der Waals surface area contributed by atoms with E-state index in [4.69, 9.17) is 4.74 Å². The SMILES string of the molecule is CN(C=O)[C@H]1CC[C@H]2[C@@H]3CC=C4C[C@@H](OC=O)CC[C@]4(C)[C@H]3CC[C@]12C. The summed E-state index contributed by atoms with van der Waals surface area (Å²) >= 11 is 0. The molecule has 1 amide bonds. The minimum Gasteiger partial charge on any atom is -0.464 e. The Kier molecular flexibility index (Phi) is 4.44. The molecule has 0 aromatic heterocycles. The molecule has 7 atom stereocenters. The number of ether oxygens (including phenoxy) is 1. The fourth-order valence-electron chi connectivity index (χ4n) is 7.54. The minimum absolute atomic E-state index is 0.0781. The van der Waals surface area contributed by atoms with Crippen LogP contribution in [0.5, 0.6) is 0 Å². The molecule has 4 aliphatic rings. The van der Waals surface area contributed by atoms with E-state index in [1.165, 1.54) is 25.7 Å². The van der Waals surface area contributed by atoms with E-state index in [-0.39, 0.29) is 16.9 Å². The lowest BCUT2D eigenvalue weighted by atomic mass is 9.48. The molecular formula is C22H33NO3. The van der Waals surface area contributed by atoms with E-state index in [0.717, 1.165) is 49.8 Å². The van der Waals surface area contributed by atoms with Gasteiger partial charge in [-0.25, -0.2) is 0 Å². The van der Waals surface area contributed by atoms with E-state index >= 15 is 0 Å². The van der Waals surface area contributed by atoms with E-state index in [1.807, 2.05) is 11.9 Å². The highest BCUT2D eigenvalue weighted by Gasteiger charge is 2.59. The van der Waals surface area contributed by atoms with E-state index in [0.29, 0.717) is 12.5 Å². The third-order valence-corrected chi connectivity index (χ3v) is 8.91. The Hall–Kier alpha value is -1.32. The van der Waals surface area contributed by atoms with Crippen LogP contribution < -0.4 is 0 Å². The molecule has 4 aliphatic carbocycles. The van der Waals surface area contributed by atoms with Gasteiger partial charge < -0.3 is 9.64 Å². The number of allylic oxidation sites excluding steroid dienone is 1. The number of rotatable bonds is 4. The lowest BCUT2D eigenvalue weighted by molar-refractivity contribution is -0.136. The minimum atomic E-state index is 0.0781. The molecule has 144 valence electrons. The van der Waals surface area contributed by atoms with Crippen LogP contribution in [0.15, 0.2) is 11.6 Å². The number of amides is 1. The maximum Gasteiger partial charge on any atom is 0.293 e. The molecule has 0 aromatic rings. The molecule has 4 heteroatoms. The van der Waals surface area contributed by atoms with Gasteiger partial charge in [0.15, 0.2) is 0 Å². The Morgan fingerprint density at radius 3 is 2.65 bits per heavy atom. The lowest BCUT2D eigenvalue weighted by Gasteiger charge is -2.58. The predicted octanol–water partition coefficient (Wildman–Crippen LogP) is 3.95. The lowest BCUT2D eigenvalue weighted by Crippen LogP contribution is -2.53. The number of nitrogens with zero attached hydrogens (tertiary/aromatic N) is 1. The third kappa shape index (κ3) is 2.47. The summed E-state index contributed by atoms with van der Waals surface area (Å²) in [7, 11) is 1.96. The van der Waals surface area contributed by atoms with Crippen LogP contribution in [0.2, 0.25) is 0 Å². The molecular weight excluding hydrogens is 326 g/mol. The van der Waals surface area contributed by atoms with Crippen LogP contribution in [0.4, 0.5) is 0 Å². The van der Waals surface area contributed by atoms with E-state index < -0.39 is 0 Å². The average molecular weight is 360 g/mol. The quantitative estimate of drug-likeness (QED) is 0.564. The molecule has 0 bridgehead atoms. The van der Waals surface area contributed by atoms with Crippen molar-refractivity contribution in [3.63, 3.8) is 0 Å². The maximum absolute atomic E-state index is 11.4. The molecule has 3 fully saturated rings. The molecule has 0 saturated heterocycles. The Morgan fingerprint density at radius 2 is 1.92 bits per heavy atom. The first-order valence-electron chi connectivity index (χ1n) is 10.4. The summed E-state index contributed by atoms with van der Waals surface area (Å²) in [4.78, 5) is 24.1. The molecule has 0 aromatic carbocycles. The monoisotopic (exact) mass is 359 g/mol. The highest BCUT2D eigenvalue weighted by atomic mass is 16.5. The van der Waals surface area contributed by atoms with Crippen molar-refractivity contribution in [2.45, 2.75) is 77.4 Å². The molecule has 0 aliphatic heterocycles. The fraction of sp³-hybridized carbons (Fsp3) is 0.818. The van der Waals surface area contributed by atoms with Crippen molar-refractivity contribution in [3.05, 3.63) is 11.6 Å². The number of fused-ring (bicyclic) bond motifs is 5. The number of carbonyl (C=O) groups is 2. The molecule has 26 heavy (non-hydrogen) atoms. The molecule has 0 unspecified atom stereocenters. The Bertz CT molecular complexity index is 617. The van der Waals surface area contributed by atoms with E-state index in [1.54, 1.807) is 5.57 Å². The van der Waals surface area contributed by atoms with Crippen molar-refractivity contribution >= 4 is 12.9 Å². The molecule has 0 spiro atoms. The number of carbonyl (C=O) groups excluding carboxylic acids is 2. The number of hydrogen-bond acceptors (Lipinski definition) is 3. The van der Waals surface area contributed by atoms with Crippen LogP contribution in [0.25, 0.3) is 0 Å². The van der Waals surface area contributed by atoms with Gasteiger partial charge in [0.2, 0.25) is 6.41 Å². The number of hydrogen-bond donors (Lipinski definition) is 0. The second-order valence-corrected chi connectivity index (χ2v) is 9.77. The average Bonchev–Trinajstić information content (AvgIpc) is 2.99. The maximum atomic E-state index is 11.4. The normalized spacial score (nSPS) is 47.0. The fourth-order valence-corrected chi connectivity index (χ4v) is 7.54. The topological polar surface area (TPSA) is 46.6 Å². The van der Waals surface area contributed by atoms with Crippen molar-refractivity contribution < 1.29 is 14.3 Å². The first-order valence-corrected chi connectivity index (χ1v) is 10.4. The third-order valence-electron chi connectivity index (χ3n) is 8.91. The standard InChI is InChI=1S/C22H33NO3/c1-21-10-8-16(26-14-25)12-15(21)4-5-17-18-6-7-20(23(3)13-24)22(18,2)11-9-19(17)21/h4,13-14,16-20H,5-12H2,1-3H3/t16-,17-,18-,19-,20-,21-,22-/m0/s1. The highest BCUT2D eigenvalue weighted by molar-refractivity contribution is 5.47. The van der Waals surface area contributed by atoms with Gasteiger partial charge in [0, 0.05) is 19.5 Å². The van der Waals surface area contributed by atoms with Crippen molar-refractivity contribution in [1.82, 2.24) is 4.90 Å². The summed E-state index contributed by atoms with van der Waals surface area (Å²) in [5.74, 6) is 2.22. The van der Waals surface area contributed by atoms with Crippen LogP contribution in [0, 0.1) is 28.6 Å². The van der Waals surface area contributed by atoms with Crippen molar-refractivity contribution in [2.75, 3.05) is 7.05 Å². The van der Waals surface area contributed by atoms with E-state index in [2.05, 4.69) is 19.9 Å². The van der Waals surface area contributed by atoms with Crippen LogP contribution in [0.1, 0.15) is 65.2 Å². The first-order chi connectivity index (χ1) is 12.4. The second-order valence-electron chi connectivity index (χ2n) is 9.77. The van der Waals surface area contributed by atoms with Gasteiger partial charge in [-0.3, -0.25) is 9.59 Å². The van der Waals surface area contributed by atoms with Crippen LogP contribution in [-0.4, -0.2) is 37.0 Å². The predicted molar refractivity (Wildman–Crippen MR) is 100 cm³/mol. The molecule has 3 saturated carbocycles. The molecule has 0 N–H and O–H groups in total. The van der Waals surface area contributed by atoms with Gasteiger partial charge in [-0.2, -0.15) is 0 Å². The van der Waals surface area contributed by atoms with E-state index in [9.17, 15) is 9.59 Å². The van der Waals surface area contributed by atoms with Crippen molar-refractivity contribution in [3.8, 4) is 0 Å². The largest absolute Gasteiger partial charge is 0.464 e. The second kappa shape index (κ2) is 6.38. The van der Waals surface area contributed by atoms with Gasteiger partial charge >= 0.3 is 0 Å². The smallest absolute Gasteiger partial charge is 0.293 e.